The maximum absolute atomic E-state index is 12.6. The highest BCUT2D eigenvalue weighted by Crippen LogP contribution is 2.23. The average molecular weight is 399 g/mol. The van der Waals surface area contributed by atoms with Crippen molar-refractivity contribution in [2.24, 2.45) is 7.05 Å². The van der Waals surface area contributed by atoms with Crippen LogP contribution in [0.5, 0.6) is 0 Å². The number of carbonyl (C=O) groups is 2. The molecular weight excluding hydrogens is 374 g/mol. The van der Waals surface area contributed by atoms with Crippen molar-refractivity contribution in [1.82, 2.24) is 29.3 Å². The lowest BCUT2D eigenvalue weighted by Crippen LogP contribution is -2.13. The molecule has 10 nitrogen and oxygen atoms in total. The summed E-state index contributed by atoms with van der Waals surface area (Å²) in [5.74, 6) is -1.23. The molecule has 0 saturated carbocycles. The average Bonchev–Trinajstić information content (AvgIpc) is 3.30. The van der Waals surface area contributed by atoms with Crippen molar-refractivity contribution in [3.63, 3.8) is 0 Å². The van der Waals surface area contributed by atoms with Crippen LogP contribution < -0.4 is 5.32 Å². The van der Waals surface area contributed by atoms with E-state index >= 15 is 0 Å². The van der Waals surface area contributed by atoms with Gasteiger partial charge in [-0.05, 0) is 27.7 Å². The summed E-state index contributed by atoms with van der Waals surface area (Å²) in [6.07, 6.45) is 2.91. The van der Waals surface area contributed by atoms with Crippen LogP contribution in [0.15, 0.2) is 12.4 Å². The zero-order chi connectivity index (χ0) is 21.3. The first-order chi connectivity index (χ1) is 13.7. The van der Waals surface area contributed by atoms with E-state index in [1.165, 1.54) is 17.1 Å². The third kappa shape index (κ3) is 4.20. The molecule has 0 bridgehead atoms. The van der Waals surface area contributed by atoms with Crippen LogP contribution in [0.4, 0.5) is 5.69 Å². The predicted molar refractivity (Wildman–Crippen MR) is 106 cm³/mol. The Morgan fingerprint density at radius 3 is 2.45 bits per heavy atom. The molecule has 0 fully saturated rings. The number of aromatic nitrogens is 6. The fourth-order valence-corrected chi connectivity index (χ4v) is 3.23. The van der Waals surface area contributed by atoms with E-state index in [0.29, 0.717) is 23.5 Å². The van der Waals surface area contributed by atoms with Gasteiger partial charge < -0.3 is 10.4 Å². The number of nitrogens with zero attached hydrogens (tertiary/aromatic N) is 6. The zero-order valence-electron chi connectivity index (χ0n) is 17.2. The van der Waals surface area contributed by atoms with Gasteiger partial charge in [0.2, 0.25) is 0 Å². The van der Waals surface area contributed by atoms with E-state index in [4.69, 9.17) is 5.11 Å². The molecule has 3 rings (SSSR count). The summed E-state index contributed by atoms with van der Waals surface area (Å²) in [6.45, 7) is 8.53. The minimum Gasteiger partial charge on any atom is -0.481 e. The molecule has 3 aromatic rings. The highest BCUT2D eigenvalue weighted by atomic mass is 16.4. The number of amides is 1. The van der Waals surface area contributed by atoms with Crippen LogP contribution in [0.2, 0.25) is 0 Å². The number of aryl methyl sites for hydroxylation is 4. The molecule has 0 aromatic carbocycles. The van der Waals surface area contributed by atoms with E-state index in [2.05, 4.69) is 20.6 Å². The highest BCUT2D eigenvalue weighted by molar-refractivity contribution is 6.04. The van der Waals surface area contributed by atoms with Crippen molar-refractivity contribution in [3.8, 4) is 0 Å². The van der Waals surface area contributed by atoms with E-state index in [1.54, 1.807) is 0 Å². The number of hydrogen-bond acceptors (Lipinski definition) is 5. The Morgan fingerprint density at radius 2 is 1.83 bits per heavy atom. The third-order valence-electron chi connectivity index (χ3n) is 5.04. The third-order valence-corrected chi connectivity index (χ3v) is 5.04. The van der Waals surface area contributed by atoms with E-state index in [0.717, 1.165) is 22.6 Å². The van der Waals surface area contributed by atoms with Crippen molar-refractivity contribution in [2.45, 2.75) is 47.2 Å². The predicted octanol–water partition coefficient (Wildman–Crippen LogP) is 1.82. The Balaban J connectivity index is 1.76. The quantitative estimate of drug-likeness (QED) is 0.625. The summed E-state index contributed by atoms with van der Waals surface area (Å²) < 4.78 is 5.15. The zero-order valence-corrected chi connectivity index (χ0v) is 17.2. The lowest BCUT2D eigenvalue weighted by molar-refractivity contribution is -0.137. The smallest absolute Gasteiger partial charge is 0.305 e. The minimum absolute atomic E-state index is 0.0547. The van der Waals surface area contributed by atoms with Crippen molar-refractivity contribution >= 4 is 17.6 Å². The monoisotopic (exact) mass is 399 g/mol. The van der Waals surface area contributed by atoms with Crippen LogP contribution in [0.25, 0.3) is 0 Å². The minimum atomic E-state index is -0.913. The topological polar surface area (TPSA) is 120 Å². The molecule has 0 aliphatic rings. The van der Waals surface area contributed by atoms with Crippen LogP contribution in [-0.2, 0) is 24.9 Å². The molecule has 2 N–H and O–H groups in total. The Morgan fingerprint density at radius 1 is 1.10 bits per heavy atom. The second-order valence-electron chi connectivity index (χ2n) is 7.07. The first-order valence-corrected chi connectivity index (χ1v) is 9.26. The van der Waals surface area contributed by atoms with Gasteiger partial charge in [-0.3, -0.25) is 23.6 Å². The van der Waals surface area contributed by atoms with E-state index in [9.17, 15) is 9.59 Å². The number of carboxylic acid groups (broad SMARTS) is 1. The van der Waals surface area contributed by atoms with Crippen LogP contribution in [0.1, 0.15) is 45.1 Å². The summed E-state index contributed by atoms with van der Waals surface area (Å²) in [4.78, 5) is 23.3. The molecule has 0 saturated heterocycles. The molecule has 29 heavy (non-hydrogen) atoms. The van der Waals surface area contributed by atoms with Gasteiger partial charge in [0.25, 0.3) is 5.91 Å². The Labute approximate surface area is 168 Å². The number of carbonyl (C=O) groups excluding carboxylic acids is 1. The Bertz CT molecular complexity index is 1070. The molecule has 3 heterocycles. The number of carboxylic acids is 1. The Kier molecular flexibility index (Phi) is 5.53. The first-order valence-electron chi connectivity index (χ1n) is 9.26. The molecule has 10 heteroatoms. The van der Waals surface area contributed by atoms with Gasteiger partial charge >= 0.3 is 5.97 Å². The van der Waals surface area contributed by atoms with Crippen molar-refractivity contribution < 1.29 is 14.7 Å². The van der Waals surface area contributed by atoms with Gasteiger partial charge in [0.15, 0.2) is 0 Å². The summed E-state index contributed by atoms with van der Waals surface area (Å²) in [6, 6.07) is 0. The SMILES string of the molecule is Cc1nn(C)c(C)c1Cn1nc(C)c(NC(=O)c2cnn(CCC(=O)O)c2)c1C. The van der Waals surface area contributed by atoms with Crippen LogP contribution in [0.3, 0.4) is 0 Å². The second kappa shape index (κ2) is 7.90. The molecule has 0 spiro atoms. The van der Waals surface area contributed by atoms with Crippen molar-refractivity contribution in [1.29, 1.82) is 0 Å². The van der Waals surface area contributed by atoms with Crippen molar-refractivity contribution in [3.05, 3.63) is 46.3 Å². The van der Waals surface area contributed by atoms with Crippen LogP contribution in [-0.4, -0.2) is 46.3 Å². The van der Waals surface area contributed by atoms with Gasteiger partial charge in [0.1, 0.15) is 0 Å². The maximum atomic E-state index is 12.6. The Hall–Kier alpha value is -3.43. The van der Waals surface area contributed by atoms with E-state index < -0.39 is 5.97 Å². The number of anilines is 1. The first kappa shape index (κ1) is 20.3. The maximum Gasteiger partial charge on any atom is 0.305 e. The fourth-order valence-electron chi connectivity index (χ4n) is 3.23. The molecule has 0 aliphatic carbocycles. The molecule has 0 aliphatic heterocycles. The highest BCUT2D eigenvalue weighted by Gasteiger charge is 2.18. The lowest BCUT2D eigenvalue weighted by Gasteiger charge is -2.07. The van der Waals surface area contributed by atoms with E-state index in [1.807, 2.05) is 44.1 Å². The summed E-state index contributed by atoms with van der Waals surface area (Å²) >= 11 is 0. The van der Waals surface area contributed by atoms with Gasteiger partial charge in [-0.2, -0.15) is 15.3 Å². The normalized spacial score (nSPS) is 11.1. The van der Waals surface area contributed by atoms with Gasteiger partial charge in [0.05, 0.1) is 54.0 Å². The summed E-state index contributed by atoms with van der Waals surface area (Å²) in [7, 11) is 1.91. The second-order valence-corrected chi connectivity index (χ2v) is 7.07. The molecular formula is C19H25N7O3. The number of hydrogen-bond donors (Lipinski definition) is 2. The lowest BCUT2D eigenvalue weighted by atomic mass is 10.2. The van der Waals surface area contributed by atoms with Gasteiger partial charge in [-0.1, -0.05) is 0 Å². The summed E-state index contributed by atoms with van der Waals surface area (Å²) in [5, 5.41) is 24.7. The van der Waals surface area contributed by atoms with Gasteiger partial charge in [0, 0.05) is 24.5 Å². The largest absolute Gasteiger partial charge is 0.481 e. The fraction of sp³-hybridized carbons (Fsp3) is 0.421. The van der Waals surface area contributed by atoms with Crippen LogP contribution in [0, 0.1) is 27.7 Å². The molecule has 0 radical (unpaired) electrons. The molecule has 3 aromatic heterocycles. The number of aliphatic carboxylic acids is 1. The number of nitrogens with one attached hydrogen (secondary N) is 1. The number of rotatable bonds is 7. The molecule has 0 unspecified atom stereocenters. The molecule has 0 atom stereocenters. The molecule has 1 amide bonds. The standard InChI is InChI=1S/C19H25N7O3/c1-11-16(13(3)24(5)22-11)10-26-14(4)18(12(2)23-26)21-19(29)15-8-20-25(9-15)7-6-17(27)28/h8-9H,6-7,10H2,1-5H3,(H,21,29)(H,27,28). The molecule has 154 valence electrons. The van der Waals surface area contributed by atoms with Crippen molar-refractivity contribution in [2.75, 3.05) is 5.32 Å². The summed E-state index contributed by atoms with van der Waals surface area (Å²) in [5.41, 5.74) is 5.72. The van der Waals surface area contributed by atoms with Gasteiger partial charge in [-0.15, -0.1) is 0 Å². The van der Waals surface area contributed by atoms with Crippen LogP contribution >= 0.6 is 0 Å². The van der Waals surface area contributed by atoms with E-state index in [-0.39, 0.29) is 18.9 Å². The van der Waals surface area contributed by atoms with Gasteiger partial charge in [-0.25, -0.2) is 0 Å².